The Morgan fingerprint density at radius 2 is 1.95 bits per heavy atom. The lowest BCUT2D eigenvalue weighted by atomic mass is 10.1. The molecule has 2 aromatic rings. The summed E-state index contributed by atoms with van der Waals surface area (Å²) in [6.07, 6.45) is 0. The van der Waals surface area contributed by atoms with E-state index in [-0.39, 0.29) is 28.5 Å². The van der Waals surface area contributed by atoms with Gasteiger partial charge in [0.25, 0.3) is 5.56 Å². The average Bonchev–Trinajstić information content (AvgIpc) is 2.42. The highest BCUT2D eigenvalue weighted by molar-refractivity contribution is 6.30. The highest BCUT2D eigenvalue weighted by Crippen LogP contribution is 2.34. The van der Waals surface area contributed by atoms with E-state index in [0.29, 0.717) is 0 Å². The fraction of sp³-hybridized carbons (Fsp3) is 0.143. The first-order valence-electron chi connectivity index (χ1n) is 5.85. The number of aliphatic imine (C=N–C) groups is 1. The first kappa shape index (κ1) is 14.4. The quantitative estimate of drug-likeness (QED) is 0.793. The smallest absolute Gasteiger partial charge is 0.269 e. The molecule has 1 aromatic heterocycles. The van der Waals surface area contributed by atoms with Crippen LogP contribution in [0.25, 0.3) is 11.3 Å². The molecule has 0 unspecified atom stereocenters. The van der Waals surface area contributed by atoms with Crippen molar-refractivity contribution >= 4 is 24.0 Å². The third kappa shape index (κ3) is 2.25. The Balaban J connectivity index is 2.96. The summed E-state index contributed by atoms with van der Waals surface area (Å²) in [6, 6.07) is 4.73. The zero-order chi connectivity index (χ0) is 14.9. The monoisotopic (exact) mass is 296 g/mol. The predicted octanol–water partition coefficient (Wildman–Crippen LogP) is 3.80. The lowest BCUT2D eigenvalue weighted by Gasteiger charge is -2.15. The Labute approximate surface area is 119 Å². The lowest BCUT2D eigenvalue weighted by Crippen LogP contribution is -2.22. The zero-order valence-corrected chi connectivity index (χ0v) is 11.4. The van der Waals surface area contributed by atoms with Crippen LogP contribution in [0.5, 0.6) is 0 Å². The minimum absolute atomic E-state index is 0.0347. The second-order valence-electron chi connectivity index (χ2n) is 4.03. The van der Waals surface area contributed by atoms with Crippen molar-refractivity contribution in [1.82, 2.24) is 4.57 Å². The molecule has 0 aliphatic rings. The SMILES string of the molecule is C=Nc1cc(Cl)c(=O)n(CC)c1-c1c(F)cccc1F. The number of aromatic nitrogens is 1. The Bertz CT molecular complexity index is 720. The standard InChI is InChI=1S/C14H11ClF2N2O/c1-3-19-13(11(18-2)7-8(15)14(19)20)12-9(16)5-4-6-10(12)17/h4-7H,2-3H2,1H3. The topological polar surface area (TPSA) is 34.4 Å². The van der Waals surface area contributed by atoms with Crippen molar-refractivity contribution in [1.29, 1.82) is 0 Å². The van der Waals surface area contributed by atoms with E-state index in [9.17, 15) is 13.6 Å². The van der Waals surface area contributed by atoms with Crippen molar-refractivity contribution in [3.8, 4) is 11.3 Å². The molecule has 3 nitrogen and oxygen atoms in total. The van der Waals surface area contributed by atoms with E-state index < -0.39 is 17.2 Å². The molecule has 1 aromatic carbocycles. The van der Waals surface area contributed by atoms with Crippen LogP contribution in [0.15, 0.2) is 34.1 Å². The molecule has 0 saturated heterocycles. The molecule has 0 bridgehead atoms. The van der Waals surface area contributed by atoms with Gasteiger partial charge >= 0.3 is 0 Å². The van der Waals surface area contributed by atoms with Gasteiger partial charge < -0.3 is 4.57 Å². The summed E-state index contributed by atoms with van der Waals surface area (Å²) in [6.45, 7) is 5.23. The summed E-state index contributed by atoms with van der Waals surface area (Å²) in [5, 5.41) is -0.0743. The van der Waals surface area contributed by atoms with Gasteiger partial charge in [0.2, 0.25) is 0 Å². The van der Waals surface area contributed by atoms with Crippen LogP contribution in [0.4, 0.5) is 14.5 Å². The van der Waals surface area contributed by atoms with E-state index in [1.165, 1.54) is 16.7 Å². The number of rotatable bonds is 3. The maximum atomic E-state index is 14.0. The predicted molar refractivity (Wildman–Crippen MR) is 75.9 cm³/mol. The molecule has 0 radical (unpaired) electrons. The van der Waals surface area contributed by atoms with Gasteiger partial charge in [0, 0.05) is 6.54 Å². The van der Waals surface area contributed by atoms with Gasteiger partial charge in [0.15, 0.2) is 0 Å². The fourth-order valence-corrected chi connectivity index (χ4v) is 2.23. The Kier molecular flexibility index (Phi) is 3.99. The van der Waals surface area contributed by atoms with Gasteiger partial charge in [-0.1, -0.05) is 17.7 Å². The normalized spacial score (nSPS) is 10.6. The zero-order valence-electron chi connectivity index (χ0n) is 10.7. The summed E-state index contributed by atoms with van der Waals surface area (Å²) >= 11 is 5.81. The fourth-order valence-electron chi connectivity index (χ4n) is 2.03. The van der Waals surface area contributed by atoms with Gasteiger partial charge in [-0.2, -0.15) is 0 Å². The van der Waals surface area contributed by atoms with Gasteiger partial charge in [0.1, 0.15) is 16.7 Å². The van der Waals surface area contributed by atoms with Crippen LogP contribution in [0.3, 0.4) is 0 Å². The Hall–Kier alpha value is -2.01. The van der Waals surface area contributed by atoms with E-state index >= 15 is 0 Å². The van der Waals surface area contributed by atoms with Gasteiger partial charge in [-0.15, -0.1) is 0 Å². The second kappa shape index (κ2) is 5.54. The maximum Gasteiger partial charge on any atom is 0.269 e. The first-order valence-corrected chi connectivity index (χ1v) is 6.23. The molecule has 6 heteroatoms. The molecule has 0 aliphatic carbocycles. The third-order valence-corrected chi connectivity index (χ3v) is 3.18. The number of halogens is 3. The molecule has 104 valence electrons. The van der Waals surface area contributed by atoms with Crippen LogP contribution < -0.4 is 5.56 Å². The van der Waals surface area contributed by atoms with Crippen molar-refractivity contribution in [2.24, 2.45) is 4.99 Å². The first-order chi connectivity index (χ1) is 9.51. The molecular formula is C14H11ClF2N2O. The summed E-state index contributed by atoms with van der Waals surface area (Å²) in [4.78, 5) is 15.7. The molecular weight excluding hydrogens is 286 g/mol. The van der Waals surface area contributed by atoms with E-state index in [2.05, 4.69) is 11.7 Å². The molecule has 2 rings (SSSR count). The van der Waals surface area contributed by atoms with E-state index in [4.69, 9.17) is 11.6 Å². The largest absolute Gasteiger partial charge is 0.305 e. The minimum atomic E-state index is -0.779. The molecule has 20 heavy (non-hydrogen) atoms. The Morgan fingerprint density at radius 1 is 1.35 bits per heavy atom. The van der Waals surface area contributed by atoms with Crippen molar-refractivity contribution in [2.45, 2.75) is 13.5 Å². The summed E-state index contributed by atoms with van der Waals surface area (Å²) in [7, 11) is 0. The number of pyridine rings is 1. The van der Waals surface area contributed by atoms with Crippen molar-refractivity contribution in [3.05, 3.63) is 51.3 Å². The van der Waals surface area contributed by atoms with Crippen LogP contribution in [0.1, 0.15) is 6.92 Å². The second-order valence-corrected chi connectivity index (χ2v) is 4.44. The van der Waals surface area contributed by atoms with Gasteiger partial charge in [-0.05, 0) is 31.8 Å². The van der Waals surface area contributed by atoms with Crippen LogP contribution in [-0.2, 0) is 6.54 Å². The molecule has 0 saturated carbocycles. The average molecular weight is 297 g/mol. The third-order valence-electron chi connectivity index (χ3n) is 2.91. The number of hydrogen-bond donors (Lipinski definition) is 0. The van der Waals surface area contributed by atoms with Crippen LogP contribution >= 0.6 is 11.6 Å². The van der Waals surface area contributed by atoms with Crippen molar-refractivity contribution in [3.63, 3.8) is 0 Å². The van der Waals surface area contributed by atoms with Crippen LogP contribution in [0, 0.1) is 11.6 Å². The van der Waals surface area contributed by atoms with Crippen LogP contribution in [0.2, 0.25) is 5.02 Å². The van der Waals surface area contributed by atoms with Gasteiger partial charge in [-0.25, -0.2) is 8.78 Å². The molecule has 0 atom stereocenters. The summed E-state index contributed by atoms with van der Waals surface area (Å²) in [5.41, 5.74) is -0.655. The molecule has 0 N–H and O–H groups in total. The highest BCUT2D eigenvalue weighted by atomic mass is 35.5. The van der Waals surface area contributed by atoms with E-state index in [1.54, 1.807) is 6.92 Å². The number of nitrogens with zero attached hydrogens (tertiary/aromatic N) is 2. The molecule has 0 aliphatic heterocycles. The van der Waals surface area contributed by atoms with E-state index in [0.717, 1.165) is 12.1 Å². The summed E-state index contributed by atoms with van der Waals surface area (Å²) < 4.78 is 29.1. The molecule has 1 heterocycles. The maximum absolute atomic E-state index is 14.0. The molecule has 0 spiro atoms. The van der Waals surface area contributed by atoms with Crippen molar-refractivity contribution < 1.29 is 8.78 Å². The van der Waals surface area contributed by atoms with Gasteiger partial charge in [-0.3, -0.25) is 9.79 Å². The summed E-state index contributed by atoms with van der Waals surface area (Å²) in [5.74, 6) is -1.56. The lowest BCUT2D eigenvalue weighted by molar-refractivity contribution is 0.584. The Morgan fingerprint density at radius 3 is 2.45 bits per heavy atom. The van der Waals surface area contributed by atoms with Gasteiger partial charge in [0.05, 0.1) is 16.9 Å². The molecule has 0 amide bonds. The highest BCUT2D eigenvalue weighted by Gasteiger charge is 2.20. The number of hydrogen-bond acceptors (Lipinski definition) is 2. The van der Waals surface area contributed by atoms with Crippen molar-refractivity contribution in [2.75, 3.05) is 0 Å². The molecule has 0 fully saturated rings. The van der Waals surface area contributed by atoms with E-state index in [1.807, 2.05) is 0 Å². The van der Waals surface area contributed by atoms with Crippen LogP contribution in [-0.4, -0.2) is 11.3 Å². The minimum Gasteiger partial charge on any atom is -0.305 e. The number of benzene rings is 1.